The summed E-state index contributed by atoms with van der Waals surface area (Å²) in [5.41, 5.74) is 0.498. The first-order chi connectivity index (χ1) is 10.7. The first-order valence-electron chi connectivity index (χ1n) is 7.63. The van der Waals surface area contributed by atoms with Crippen molar-refractivity contribution in [2.24, 2.45) is 0 Å². The van der Waals surface area contributed by atoms with Gasteiger partial charge in [-0.25, -0.2) is 0 Å². The number of unbranched alkanes of at least 4 members (excludes halogenated alkanes) is 1. The Kier molecular flexibility index (Phi) is 3.96. The minimum atomic E-state index is -0.140. The van der Waals surface area contributed by atoms with E-state index < -0.39 is 0 Å². The van der Waals surface area contributed by atoms with Crippen molar-refractivity contribution >= 4 is 27.5 Å². The van der Waals surface area contributed by atoms with Gasteiger partial charge in [-0.2, -0.15) is 0 Å². The monoisotopic (exact) mass is 293 g/mol. The number of amides is 1. The van der Waals surface area contributed by atoms with E-state index in [-0.39, 0.29) is 11.7 Å². The van der Waals surface area contributed by atoms with Gasteiger partial charge >= 0.3 is 0 Å². The quantitative estimate of drug-likeness (QED) is 0.558. The molecule has 1 amide bonds. The maximum absolute atomic E-state index is 12.2. The van der Waals surface area contributed by atoms with Crippen molar-refractivity contribution in [3.63, 3.8) is 0 Å². The predicted molar refractivity (Wildman–Crippen MR) is 90.4 cm³/mol. The first kappa shape index (κ1) is 14.4. The van der Waals surface area contributed by atoms with Gasteiger partial charge in [-0.1, -0.05) is 49.7 Å². The number of hydrogen-bond acceptors (Lipinski definition) is 2. The van der Waals surface area contributed by atoms with Gasteiger partial charge in [0, 0.05) is 17.5 Å². The van der Waals surface area contributed by atoms with Crippen LogP contribution in [0.4, 0.5) is 0 Å². The molecule has 0 aromatic heterocycles. The summed E-state index contributed by atoms with van der Waals surface area (Å²) in [6.07, 6.45) is 1.99. The maximum Gasteiger partial charge on any atom is 0.251 e. The summed E-state index contributed by atoms with van der Waals surface area (Å²) in [6.45, 7) is 2.74. The van der Waals surface area contributed by atoms with Crippen LogP contribution in [0.15, 0.2) is 48.5 Å². The molecule has 0 radical (unpaired) electrons. The number of fused-ring (bicyclic) bond motifs is 3. The molecule has 0 spiro atoms. The molecular weight excluding hydrogens is 274 g/mol. The smallest absolute Gasteiger partial charge is 0.251 e. The Morgan fingerprint density at radius 3 is 2.68 bits per heavy atom. The zero-order chi connectivity index (χ0) is 15.5. The van der Waals surface area contributed by atoms with E-state index in [0.29, 0.717) is 12.1 Å². The van der Waals surface area contributed by atoms with Gasteiger partial charge in [0.05, 0.1) is 0 Å². The molecule has 0 atom stereocenters. The summed E-state index contributed by atoms with van der Waals surface area (Å²) in [7, 11) is 0. The van der Waals surface area contributed by atoms with Crippen molar-refractivity contribution in [2.45, 2.75) is 19.8 Å². The second-order valence-corrected chi connectivity index (χ2v) is 5.49. The number of benzene rings is 3. The molecule has 0 aliphatic carbocycles. The Labute approximate surface area is 129 Å². The number of nitrogens with one attached hydrogen (secondary N) is 1. The van der Waals surface area contributed by atoms with Gasteiger partial charge in [0.15, 0.2) is 0 Å². The maximum atomic E-state index is 12.2. The lowest BCUT2D eigenvalue weighted by molar-refractivity contribution is 0.0953. The number of aromatic hydroxyl groups is 1. The number of phenols is 1. The van der Waals surface area contributed by atoms with Crippen molar-refractivity contribution in [1.82, 2.24) is 5.32 Å². The van der Waals surface area contributed by atoms with E-state index in [2.05, 4.69) is 12.2 Å². The second kappa shape index (κ2) is 6.06. The highest BCUT2D eigenvalue weighted by Gasteiger charge is 2.11. The third-order valence-corrected chi connectivity index (χ3v) is 3.92. The van der Waals surface area contributed by atoms with Crippen LogP contribution in [-0.2, 0) is 0 Å². The highest BCUT2D eigenvalue weighted by Crippen LogP contribution is 2.32. The van der Waals surface area contributed by atoms with Gasteiger partial charge in [-0.3, -0.25) is 4.79 Å². The van der Waals surface area contributed by atoms with Crippen LogP contribution in [0.3, 0.4) is 0 Å². The molecule has 112 valence electrons. The normalized spacial score (nSPS) is 11.0. The summed E-state index contributed by atoms with van der Waals surface area (Å²) in [5.74, 6) is 0.00230. The van der Waals surface area contributed by atoms with Crippen LogP contribution >= 0.6 is 0 Å². The molecule has 3 aromatic carbocycles. The van der Waals surface area contributed by atoms with Crippen LogP contribution in [0.1, 0.15) is 30.1 Å². The number of rotatable bonds is 4. The summed E-state index contributed by atoms with van der Waals surface area (Å²) in [6, 6.07) is 15.3. The SMILES string of the molecule is CCCCNC(=O)c1cc(O)c2ccc3ccccc3c2c1. The summed E-state index contributed by atoms with van der Waals surface area (Å²) in [5, 5.41) is 16.9. The van der Waals surface area contributed by atoms with Crippen LogP contribution in [0, 0.1) is 0 Å². The molecule has 3 nitrogen and oxygen atoms in total. The topological polar surface area (TPSA) is 49.3 Å². The van der Waals surface area contributed by atoms with E-state index in [9.17, 15) is 9.90 Å². The second-order valence-electron chi connectivity index (χ2n) is 5.49. The summed E-state index contributed by atoms with van der Waals surface area (Å²) < 4.78 is 0. The molecule has 0 aliphatic heterocycles. The lowest BCUT2D eigenvalue weighted by Gasteiger charge is -2.09. The highest BCUT2D eigenvalue weighted by atomic mass is 16.3. The van der Waals surface area contributed by atoms with Crippen LogP contribution in [0.5, 0.6) is 5.75 Å². The Hall–Kier alpha value is -2.55. The molecule has 0 saturated heterocycles. The standard InChI is InChI=1S/C19H19NO2/c1-2-3-10-20-19(22)14-11-17-15-7-5-4-6-13(15)8-9-16(17)18(21)12-14/h4-9,11-12,21H,2-3,10H2,1H3,(H,20,22). The molecule has 0 aliphatic rings. The van der Waals surface area contributed by atoms with E-state index in [1.807, 2.05) is 42.5 Å². The lowest BCUT2D eigenvalue weighted by atomic mass is 9.99. The van der Waals surface area contributed by atoms with Crippen molar-refractivity contribution in [1.29, 1.82) is 0 Å². The highest BCUT2D eigenvalue weighted by molar-refractivity contribution is 6.12. The lowest BCUT2D eigenvalue weighted by Crippen LogP contribution is -2.24. The van der Waals surface area contributed by atoms with Gasteiger partial charge in [0.25, 0.3) is 5.91 Å². The number of carbonyl (C=O) groups is 1. The average Bonchev–Trinajstić information content (AvgIpc) is 2.54. The molecule has 0 bridgehead atoms. The van der Waals surface area contributed by atoms with Crippen molar-refractivity contribution in [2.75, 3.05) is 6.54 Å². The molecule has 0 fully saturated rings. The largest absolute Gasteiger partial charge is 0.507 e. The zero-order valence-corrected chi connectivity index (χ0v) is 12.6. The van der Waals surface area contributed by atoms with Gasteiger partial charge in [-0.05, 0) is 34.7 Å². The number of carbonyl (C=O) groups excluding carboxylic acids is 1. The molecule has 3 heteroatoms. The molecular formula is C19H19NO2. The van der Waals surface area contributed by atoms with Gasteiger partial charge in [0.2, 0.25) is 0 Å². The van der Waals surface area contributed by atoms with Crippen molar-refractivity contribution in [3.8, 4) is 5.75 Å². The molecule has 22 heavy (non-hydrogen) atoms. The summed E-state index contributed by atoms with van der Waals surface area (Å²) in [4.78, 5) is 12.2. The fourth-order valence-corrected chi connectivity index (χ4v) is 2.71. The van der Waals surface area contributed by atoms with Gasteiger partial charge in [0.1, 0.15) is 5.75 Å². The molecule has 3 aromatic rings. The van der Waals surface area contributed by atoms with E-state index in [4.69, 9.17) is 0 Å². The molecule has 0 heterocycles. The molecule has 0 unspecified atom stereocenters. The third kappa shape index (κ3) is 2.62. The number of hydrogen-bond donors (Lipinski definition) is 2. The molecule has 0 saturated carbocycles. The minimum Gasteiger partial charge on any atom is -0.507 e. The summed E-state index contributed by atoms with van der Waals surface area (Å²) >= 11 is 0. The Bertz CT molecular complexity index is 839. The Balaban J connectivity index is 2.09. The van der Waals surface area contributed by atoms with Crippen molar-refractivity contribution in [3.05, 3.63) is 54.1 Å². The predicted octanol–water partition coefficient (Wildman–Crippen LogP) is 4.23. The van der Waals surface area contributed by atoms with Crippen LogP contribution in [0.2, 0.25) is 0 Å². The van der Waals surface area contributed by atoms with Crippen LogP contribution in [0.25, 0.3) is 21.5 Å². The average molecular weight is 293 g/mol. The minimum absolute atomic E-state index is 0.140. The number of phenolic OH excluding ortho intramolecular Hbond substituents is 1. The van der Waals surface area contributed by atoms with Crippen LogP contribution in [-0.4, -0.2) is 17.6 Å². The Morgan fingerprint density at radius 1 is 1.05 bits per heavy atom. The third-order valence-electron chi connectivity index (χ3n) is 3.92. The van der Waals surface area contributed by atoms with Gasteiger partial charge in [-0.15, -0.1) is 0 Å². The Morgan fingerprint density at radius 2 is 1.86 bits per heavy atom. The van der Waals surface area contributed by atoms with Gasteiger partial charge < -0.3 is 10.4 Å². The van der Waals surface area contributed by atoms with Crippen LogP contribution < -0.4 is 5.32 Å². The fraction of sp³-hybridized carbons (Fsp3) is 0.211. The fourth-order valence-electron chi connectivity index (χ4n) is 2.71. The van der Waals surface area contributed by atoms with E-state index in [1.165, 1.54) is 0 Å². The van der Waals surface area contributed by atoms with E-state index in [0.717, 1.165) is 34.4 Å². The van der Waals surface area contributed by atoms with Crippen molar-refractivity contribution < 1.29 is 9.90 Å². The molecule has 3 rings (SSSR count). The van der Waals surface area contributed by atoms with E-state index in [1.54, 1.807) is 6.07 Å². The van der Waals surface area contributed by atoms with E-state index >= 15 is 0 Å². The first-order valence-corrected chi connectivity index (χ1v) is 7.63. The zero-order valence-electron chi connectivity index (χ0n) is 12.6. The molecule has 2 N–H and O–H groups in total.